The van der Waals surface area contributed by atoms with Crippen LogP contribution in [0.3, 0.4) is 0 Å². The van der Waals surface area contributed by atoms with E-state index in [0.29, 0.717) is 47.6 Å². The van der Waals surface area contributed by atoms with E-state index >= 15 is 0 Å². The van der Waals surface area contributed by atoms with Gasteiger partial charge in [-0.05, 0) is 42.4 Å². The number of rotatable bonds is 7. The molecule has 1 N–H and O–H groups in total. The van der Waals surface area contributed by atoms with Gasteiger partial charge in [-0.15, -0.1) is 0 Å². The zero-order chi connectivity index (χ0) is 23.4. The number of ether oxygens (including phenoxy) is 5. The van der Waals surface area contributed by atoms with Gasteiger partial charge >= 0.3 is 0 Å². The number of nitrogens with zero attached hydrogens (tertiary/aromatic N) is 2. The summed E-state index contributed by atoms with van der Waals surface area (Å²) in [5.74, 6) is 2.88. The Hall–Kier alpha value is -3.40. The van der Waals surface area contributed by atoms with Gasteiger partial charge in [0.1, 0.15) is 0 Å². The highest BCUT2D eigenvalue weighted by Gasteiger charge is 2.30. The number of hydrazine groups is 1. The third-order valence-corrected chi connectivity index (χ3v) is 5.92. The van der Waals surface area contributed by atoms with Crippen molar-refractivity contribution < 1.29 is 28.5 Å². The van der Waals surface area contributed by atoms with Crippen LogP contribution in [0.2, 0.25) is 0 Å². The maximum atomic E-state index is 13.2. The number of hydrogen-bond donors (Lipinski definition) is 1. The fraction of sp³-hybridized carbons (Fsp3) is 0.391. The summed E-state index contributed by atoms with van der Waals surface area (Å²) >= 11 is 5.60. The molecule has 0 atom stereocenters. The molecule has 1 saturated heterocycles. The Bertz CT molecular complexity index is 1050. The summed E-state index contributed by atoms with van der Waals surface area (Å²) in [7, 11) is 4.64. The lowest BCUT2D eigenvalue weighted by Crippen LogP contribution is -2.49. The lowest BCUT2D eigenvalue weighted by molar-refractivity contribution is -0.138. The molecule has 9 nitrogen and oxygen atoms in total. The second-order valence-corrected chi connectivity index (χ2v) is 7.90. The molecular weight excluding hydrogens is 446 g/mol. The van der Waals surface area contributed by atoms with Crippen molar-refractivity contribution in [2.75, 3.05) is 41.2 Å². The van der Waals surface area contributed by atoms with Crippen molar-refractivity contribution in [3.05, 3.63) is 41.5 Å². The molecule has 0 spiro atoms. The molecule has 2 heterocycles. The van der Waals surface area contributed by atoms with Gasteiger partial charge in [-0.3, -0.25) is 14.8 Å². The third kappa shape index (κ3) is 4.70. The van der Waals surface area contributed by atoms with Crippen LogP contribution in [-0.2, 0) is 17.8 Å². The van der Waals surface area contributed by atoms with Gasteiger partial charge in [-0.2, -0.15) is 0 Å². The normalized spacial score (nSPS) is 14.3. The van der Waals surface area contributed by atoms with Crippen molar-refractivity contribution in [3.8, 4) is 28.7 Å². The van der Waals surface area contributed by atoms with E-state index in [-0.39, 0.29) is 19.1 Å². The van der Waals surface area contributed by atoms with Crippen molar-refractivity contribution in [2.45, 2.75) is 19.4 Å². The number of amides is 1. The fourth-order valence-electron chi connectivity index (χ4n) is 3.96. The van der Waals surface area contributed by atoms with Crippen LogP contribution in [0.15, 0.2) is 30.3 Å². The zero-order valence-electron chi connectivity index (χ0n) is 18.9. The molecule has 0 aromatic heterocycles. The fourth-order valence-corrected chi connectivity index (χ4v) is 4.22. The van der Waals surface area contributed by atoms with Crippen molar-refractivity contribution in [1.29, 1.82) is 0 Å². The quantitative estimate of drug-likeness (QED) is 0.610. The second kappa shape index (κ2) is 10.0. The summed E-state index contributed by atoms with van der Waals surface area (Å²) in [6, 6.07) is 9.34. The molecule has 2 aromatic carbocycles. The molecule has 33 heavy (non-hydrogen) atoms. The number of carbonyl (C=O) groups is 1. The van der Waals surface area contributed by atoms with E-state index in [1.54, 1.807) is 32.4 Å². The van der Waals surface area contributed by atoms with Crippen LogP contribution in [-0.4, -0.2) is 62.2 Å². The number of thiocarbonyl (C=S) groups is 1. The average Bonchev–Trinajstić information content (AvgIpc) is 3.51. The predicted molar refractivity (Wildman–Crippen MR) is 125 cm³/mol. The van der Waals surface area contributed by atoms with Crippen LogP contribution in [0.4, 0.5) is 0 Å². The predicted octanol–water partition coefficient (Wildman–Crippen LogP) is 2.51. The van der Waals surface area contributed by atoms with Crippen LogP contribution in [0, 0.1) is 0 Å². The van der Waals surface area contributed by atoms with Crippen LogP contribution in [0.1, 0.15) is 17.5 Å². The van der Waals surface area contributed by atoms with Crippen LogP contribution >= 0.6 is 12.2 Å². The van der Waals surface area contributed by atoms with Gasteiger partial charge in [-0.25, -0.2) is 0 Å². The first-order valence-corrected chi connectivity index (χ1v) is 11.0. The maximum absolute atomic E-state index is 13.2. The molecule has 4 rings (SSSR count). The highest BCUT2D eigenvalue weighted by molar-refractivity contribution is 7.80. The van der Waals surface area contributed by atoms with E-state index in [2.05, 4.69) is 5.32 Å². The Morgan fingerprint density at radius 3 is 2.52 bits per heavy atom. The first kappa shape index (κ1) is 22.8. The largest absolute Gasteiger partial charge is 0.493 e. The van der Waals surface area contributed by atoms with Crippen molar-refractivity contribution in [3.63, 3.8) is 0 Å². The molecule has 2 aliphatic rings. The second-order valence-electron chi connectivity index (χ2n) is 7.51. The minimum Gasteiger partial charge on any atom is -0.493 e. The zero-order valence-corrected chi connectivity index (χ0v) is 19.7. The molecule has 2 aromatic rings. The minimum atomic E-state index is -0.0785. The standard InChI is InChI=1S/C23H27N3O6S/c1-28-18-8-6-16(21(29-2)22(18)30-3)12-20(27)25-9-4-10-26(25)23(33)24-13-15-5-7-17-19(11-15)32-14-31-17/h5-8,11H,4,9-10,12-14H2,1-3H3,(H,24,33). The highest BCUT2D eigenvalue weighted by Crippen LogP contribution is 2.40. The summed E-state index contributed by atoms with van der Waals surface area (Å²) in [6.07, 6.45) is 0.978. The molecule has 10 heteroatoms. The van der Waals surface area contributed by atoms with Crippen LogP contribution < -0.4 is 29.0 Å². The van der Waals surface area contributed by atoms with Crippen LogP contribution in [0.25, 0.3) is 0 Å². The molecular formula is C23H27N3O6S. The number of benzene rings is 2. The number of hydrogen-bond acceptors (Lipinski definition) is 7. The third-order valence-electron chi connectivity index (χ3n) is 5.56. The molecule has 0 radical (unpaired) electrons. The van der Waals surface area contributed by atoms with E-state index in [1.807, 2.05) is 29.3 Å². The molecule has 0 unspecified atom stereocenters. The SMILES string of the molecule is COc1ccc(CC(=O)N2CCCN2C(=S)NCc2ccc3c(c2)OCO3)c(OC)c1OC. The van der Waals surface area contributed by atoms with Crippen LogP contribution in [0.5, 0.6) is 28.7 Å². The van der Waals surface area contributed by atoms with E-state index < -0.39 is 0 Å². The Morgan fingerprint density at radius 2 is 1.76 bits per heavy atom. The van der Waals surface area contributed by atoms with Crippen molar-refractivity contribution in [1.82, 2.24) is 15.3 Å². The maximum Gasteiger partial charge on any atom is 0.245 e. The summed E-state index contributed by atoms with van der Waals surface area (Å²) in [5, 5.41) is 7.24. The van der Waals surface area contributed by atoms with Gasteiger partial charge in [0.05, 0.1) is 27.8 Å². The monoisotopic (exact) mass is 473 g/mol. The first-order chi connectivity index (χ1) is 16.0. The molecule has 1 amide bonds. The van der Waals surface area contributed by atoms with E-state index in [4.69, 9.17) is 35.9 Å². The summed E-state index contributed by atoms with van der Waals surface area (Å²) in [6.45, 7) is 2.01. The number of nitrogens with one attached hydrogen (secondary N) is 1. The Balaban J connectivity index is 1.41. The van der Waals surface area contributed by atoms with Gasteiger partial charge in [0.25, 0.3) is 0 Å². The topological polar surface area (TPSA) is 81.7 Å². The summed E-state index contributed by atoms with van der Waals surface area (Å²) < 4.78 is 27.1. The molecule has 2 aliphatic heterocycles. The summed E-state index contributed by atoms with van der Waals surface area (Å²) in [4.78, 5) is 13.2. The van der Waals surface area contributed by atoms with E-state index in [1.165, 1.54) is 0 Å². The van der Waals surface area contributed by atoms with Crippen molar-refractivity contribution in [2.24, 2.45) is 0 Å². The Kier molecular flexibility index (Phi) is 6.93. The minimum absolute atomic E-state index is 0.0785. The van der Waals surface area contributed by atoms with E-state index in [0.717, 1.165) is 23.5 Å². The molecule has 1 fully saturated rings. The van der Waals surface area contributed by atoms with Gasteiger partial charge in [0, 0.05) is 25.2 Å². The number of methoxy groups -OCH3 is 3. The molecule has 176 valence electrons. The number of fused-ring (bicyclic) bond motifs is 1. The first-order valence-electron chi connectivity index (χ1n) is 10.6. The van der Waals surface area contributed by atoms with Gasteiger partial charge in [0.15, 0.2) is 28.1 Å². The van der Waals surface area contributed by atoms with Crippen molar-refractivity contribution >= 4 is 23.2 Å². The average molecular weight is 474 g/mol. The van der Waals surface area contributed by atoms with Gasteiger partial charge < -0.3 is 29.0 Å². The molecule has 0 bridgehead atoms. The Labute approximate surface area is 198 Å². The summed E-state index contributed by atoms with van der Waals surface area (Å²) in [5.41, 5.74) is 1.72. The molecule has 0 aliphatic carbocycles. The lowest BCUT2D eigenvalue weighted by Gasteiger charge is -2.30. The number of carbonyl (C=O) groups excluding carboxylic acids is 1. The lowest BCUT2D eigenvalue weighted by atomic mass is 10.1. The van der Waals surface area contributed by atoms with Gasteiger partial charge in [-0.1, -0.05) is 12.1 Å². The smallest absolute Gasteiger partial charge is 0.245 e. The van der Waals surface area contributed by atoms with Gasteiger partial charge in [0.2, 0.25) is 18.4 Å². The molecule has 0 saturated carbocycles. The highest BCUT2D eigenvalue weighted by atomic mass is 32.1. The Morgan fingerprint density at radius 1 is 1.00 bits per heavy atom. The van der Waals surface area contributed by atoms with E-state index in [9.17, 15) is 4.79 Å².